The van der Waals surface area contributed by atoms with E-state index in [4.69, 9.17) is 11.6 Å². The first-order valence-electron chi connectivity index (χ1n) is 6.23. The van der Waals surface area contributed by atoms with Crippen LogP contribution < -0.4 is 5.32 Å². The number of piperazine rings is 1. The fourth-order valence-corrected chi connectivity index (χ4v) is 2.66. The van der Waals surface area contributed by atoms with E-state index in [1.54, 1.807) is 24.3 Å². The molecule has 0 spiro atoms. The second-order valence-corrected chi connectivity index (χ2v) is 5.05. The Hall–Kier alpha value is -0.780. The molecule has 1 heterocycles. The molecule has 106 valence electrons. The zero-order valence-electron chi connectivity index (χ0n) is 10.4. The Morgan fingerprint density at radius 3 is 2.42 bits per heavy atom. The van der Waals surface area contributed by atoms with E-state index < -0.39 is 18.6 Å². The molecule has 2 nitrogen and oxygen atoms in total. The molecular weight excluding hydrogens is 277 g/mol. The predicted octanol–water partition coefficient (Wildman–Crippen LogP) is 3.24. The number of halogens is 4. The highest BCUT2D eigenvalue weighted by atomic mass is 35.5. The largest absolute Gasteiger partial charge is 0.390 e. The average molecular weight is 293 g/mol. The highest BCUT2D eigenvalue weighted by Crippen LogP contribution is 2.36. The lowest BCUT2D eigenvalue weighted by molar-refractivity contribution is -0.148. The molecule has 1 atom stereocenters. The van der Waals surface area contributed by atoms with Crippen molar-refractivity contribution in [1.82, 2.24) is 10.2 Å². The number of alkyl halides is 3. The molecule has 19 heavy (non-hydrogen) atoms. The van der Waals surface area contributed by atoms with Crippen molar-refractivity contribution in [2.24, 2.45) is 0 Å². The Morgan fingerprint density at radius 1 is 1.21 bits per heavy atom. The van der Waals surface area contributed by atoms with E-state index in [0.717, 1.165) is 0 Å². The van der Waals surface area contributed by atoms with Gasteiger partial charge in [-0.1, -0.05) is 29.8 Å². The van der Waals surface area contributed by atoms with Gasteiger partial charge in [0.2, 0.25) is 0 Å². The quantitative estimate of drug-likeness (QED) is 0.920. The summed E-state index contributed by atoms with van der Waals surface area (Å²) < 4.78 is 38.4. The molecule has 2 rings (SSSR count). The Balaban J connectivity index is 2.25. The Bertz CT molecular complexity index is 417. The SMILES string of the molecule is FC(F)(F)C[C@@H](c1ccccc1Cl)N1CCNCC1. The molecule has 0 saturated carbocycles. The molecule has 0 aliphatic carbocycles. The Morgan fingerprint density at radius 2 is 1.84 bits per heavy atom. The van der Waals surface area contributed by atoms with Gasteiger partial charge < -0.3 is 5.32 Å². The van der Waals surface area contributed by atoms with Crippen molar-refractivity contribution >= 4 is 11.6 Å². The van der Waals surface area contributed by atoms with Crippen molar-refractivity contribution in [3.05, 3.63) is 34.9 Å². The lowest BCUT2D eigenvalue weighted by Crippen LogP contribution is -2.46. The monoisotopic (exact) mass is 292 g/mol. The summed E-state index contributed by atoms with van der Waals surface area (Å²) in [5.74, 6) is 0. The van der Waals surface area contributed by atoms with E-state index in [2.05, 4.69) is 5.32 Å². The first-order valence-corrected chi connectivity index (χ1v) is 6.61. The van der Waals surface area contributed by atoms with Crippen LogP contribution in [0.25, 0.3) is 0 Å². The van der Waals surface area contributed by atoms with Crippen LogP contribution >= 0.6 is 11.6 Å². The summed E-state index contributed by atoms with van der Waals surface area (Å²) in [5.41, 5.74) is 0.559. The molecule has 1 aromatic carbocycles. The molecular formula is C13H16ClF3N2. The molecule has 0 bridgehead atoms. The third-order valence-corrected chi connectivity index (χ3v) is 3.63. The molecule has 1 saturated heterocycles. The molecule has 0 amide bonds. The Labute approximate surface area is 115 Å². The van der Waals surface area contributed by atoms with Crippen LogP contribution in [0.15, 0.2) is 24.3 Å². The van der Waals surface area contributed by atoms with E-state index in [0.29, 0.717) is 36.8 Å². The van der Waals surface area contributed by atoms with Crippen molar-refractivity contribution in [2.75, 3.05) is 26.2 Å². The zero-order chi connectivity index (χ0) is 13.9. The van der Waals surface area contributed by atoms with Crippen LogP contribution in [0.5, 0.6) is 0 Å². The number of benzene rings is 1. The molecule has 1 aromatic rings. The molecule has 1 fully saturated rings. The predicted molar refractivity (Wildman–Crippen MR) is 69.3 cm³/mol. The van der Waals surface area contributed by atoms with Crippen LogP contribution in [0, 0.1) is 0 Å². The van der Waals surface area contributed by atoms with E-state index in [1.807, 2.05) is 4.90 Å². The zero-order valence-corrected chi connectivity index (χ0v) is 11.1. The van der Waals surface area contributed by atoms with E-state index in [1.165, 1.54) is 0 Å². The summed E-state index contributed by atoms with van der Waals surface area (Å²) >= 11 is 6.06. The molecule has 1 N–H and O–H groups in total. The molecule has 0 unspecified atom stereocenters. The second-order valence-electron chi connectivity index (χ2n) is 4.64. The summed E-state index contributed by atoms with van der Waals surface area (Å²) in [6.45, 7) is 2.62. The normalized spacial score (nSPS) is 19.4. The maximum Gasteiger partial charge on any atom is 0.390 e. The van der Waals surface area contributed by atoms with Gasteiger partial charge in [-0.3, -0.25) is 4.90 Å². The minimum atomic E-state index is -4.20. The fourth-order valence-electron chi connectivity index (χ4n) is 2.39. The summed E-state index contributed by atoms with van der Waals surface area (Å²) in [6, 6.07) is 6.08. The van der Waals surface area contributed by atoms with Gasteiger partial charge in [-0.15, -0.1) is 0 Å². The summed E-state index contributed by atoms with van der Waals surface area (Å²) in [7, 11) is 0. The summed E-state index contributed by atoms with van der Waals surface area (Å²) in [4.78, 5) is 1.85. The van der Waals surface area contributed by atoms with Gasteiger partial charge in [0, 0.05) is 37.2 Å². The van der Waals surface area contributed by atoms with Crippen LogP contribution in [-0.2, 0) is 0 Å². The van der Waals surface area contributed by atoms with Crippen molar-refractivity contribution in [3.63, 3.8) is 0 Å². The van der Waals surface area contributed by atoms with Crippen LogP contribution in [0.1, 0.15) is 18.0 Å². The highest BCUT2D eigenvalue weighted by Gasteiger charge is 2.36. The van der Waals surface area contributed by atoms with Gasteiger partial charge in [0.1, 0.15) is 0 Å². The van der Waals surface area contributed by atoms with E-state index in [-0.39, 0.29) is 0 Å². The minimum Gasteiger partial charge on any atom is -0.314 e. The molecule has 6 heteroatoms. The highest BCUT2D eigenvalue weighted by molar-refractivity contribution is 6.31. The van der Waals surface area contributed by atoms with Crippen molar-refractivity contribution < 1.29 is 13.2 Å². The molecule has 0 aromatic heterocycles. The van der Waals surface area contributed by atoms with Crippen LogP contribution in [0.4, 0.5) is 13.2 Å². The van der Waals surface area contributed by atoms with Crippen molar-refractivity contribution in [1.29, 1.82) is 0 Å². The number of rotatable bonds is 3. The molecule has 0 radical (unpaired) electrons. The molecule has 1 aliphatic heterocycles. The van der Waals surface area contributed by atoms with Gasteiger partial charge in [0.05, 0.1) is 6.42 Å². The van der Waals surface area contributed by atoms with Crippen molar-refractivity contribution in [3.8, 4) is 0 Å². The smallest absolute Gasteiger partial charge is 0.314 e. The maximum atomic E-state index is 12.8. The topological polar surface area (TPSA) is 15.3 Å². The third kappa shape index (κ3) is 4.09. The average Bonchev–Trinajstić information content (AvgIpc) is 2.37. The fraction of sp³-hybridized carbons (Fsp3) is 0.538. The van der Waals surface area contributed by atoms with Gasteiger partial charge in [-0.2, -0.15) is 13.2 Å². The first kappa shape index (κ1) is 14.6. The van der Waals surface area contributed by atoms with Gasteiger partial charge in [0.25, 0.3) is 0 Å². The van der Waals surface area contributed by atoms with E-state index >= 15 is 0 Å². The first-order chi connectivity index (χ1) is 8.97. The van der Waals surface area contributed by atoms with Crippen LogP contribution in [0.3, 0.4) is 0 Å². The third-order valence-electron chi connectivity index (χ3n) is 3.28. The molecule has 1 aliphatic rings. The van der Waals surface area contributed by atoms with Gasteiger partial charge in [-0.25, -0.2) is 0 Å². The lowest BCUT2D eigenvalue weighted by atomic mass is 10.0. The number of nitrogens with zero attached hydrogens (tertiary/aromatic N) is 1. The van der Waals surface area contributed by atoms with Crippen LogP contribution in [-0.4, -0.2) is 37.3 Å². The maximum absolute atomic E-state index is 12.8. The number of nitrogens with one attached hydrogen (secondary N) is 1. The number of hydrogen-bond donors (Lipinski definition) is 1. The van der Waals surface area contributed by atoms with E-state index in [9.17, 15) is 13.2 Å². The van der Waals surface area contributed by atoms with Crippen molar-refractivity contribution in [2.45, 2.75) is 18.6 Å². The second kappa shape index (κ2) is 6.11. The van der Waals surface area contributed by atoms with Gasteiger partial charge in [0.15, 0.2) is 0 Å². The standard InChI is InChI=1S/C13H16ClF3N2/c14-11-4-2-1-3-10(11)12(9-13(15,16)17)19-7-5-18-6-8-19/h1-4,12,18H,5-9H2/t12-/m0/s1. The lowest BCUT2D eigenvalue weighted by Gasteiger charge is -2.36. The van der Waals surface area contributed by atoms with Crippen LogP contribution in [0.2, 0.25) is 5.02 Å². The minimum absolute atomic E-state index is 0.398. The summed E-state index contributed by atoms with van der Waals surface area (Å²) in [5, 5.41) is 3.54. The summed E-state index contributed by atoms with van der Waals surface area (Å²) in [6.07, 6.45) is -5.06. The Kier molecular flexibility index (Phi) is 4.71. The van der Waals surface area contributed by atoms with Gasteiger partial charge >= 0.3 is 6.18 Å². The van der Waals surface area contributed by atoms with Gasteiger partial charge in [-0.05, 0) is 11.6 Å². The number of hydrogen-bond acceptors (Lipinski definition) is 2.